The fourth-order valence-corrected chi connectivity index (χ4v) is 4.39. The molecule has 4 heterocycles. The number of carbonyl (C=O) groups excluding carboxylic acids is 1. The number of carbonyl (C=O) groups is 1. The highest BCUT2D eigenvalue weighted by molar-refractivity contribution is 7.14. The van der Waals surface area contributed by atoms with Crippen LogP contribution in [0, 0.1) is 6.92 Å². The molecule has 3 aromatic rings. The smallest absolute Gasteiger partial charge is 0.272 e. The van der Waals surface area contributed by atoms with Gasteiger partial charge in [-0.2, -0.15) is 0 Å². The van der Waals surface area contributed by atoms with Gasteiger partial charge in [-0.15, -0.1) is 11.3 Å². The van der Waals surface area contributed by atoms with E-state index in [2.05, 4.69) is 29.1 Å². The third-order valence-corrected chi connectivity index (χ3v) is 5.94. The number of nitrogens with one attached hydrogen (secondary N) is 1. The maximum absolute atomic E-state index is 12.9. The highest BCUT2D eigenvalue weighted by atomic mass is 32.1. The second kappa shape index (κ2) is 8.87. The van der Waals surface area contributed by atoms with Crippen LogP contribution in [0.4, 0.5) is 5.82 Å². The van der Waals surface area contributed by atoms with Gasteiger partial charge in [0.05, 0.1) is 15.6 Å². The summed E-state index contributed by atoms with van der Waals surface area (Å²) in [5.74, 6) is 1.64. The van der Waals surface area contributed by atoms with Crippen molar-refractivity contribution in [1.29, 1.82) is 0 Å². The van der Waals surface area contributed by atoms with Gasteiger partial charge < -0.3 is 10.2 Å². The first-order valence-corrected chi connectivity index (χ1v) is 11.1. The number of aromatic nitrogens is 4. The predicted octanol–water partition coefficient (Wildman–Crippen LogP) is 4.14. The number of nitrogens with zero attached hydrogens (tertiary/aromatic N) is 5. The first-order chi connectivity index (χ1) is 14.5. The van der Waals surface area contributed by atoms with Gasteiger partial charge in [0.2, 0.25) is 0 Å². The number of rotatable bonds is 5. The van der Waals surface area contributed by atoms with Gasteiger partial charge in [0.25, 0.3) is 5.91 Å². The number of pyridine rings is 1. The van der Waals surface area contributed by atoms with E-state index in [0.29, 0.717) is 18.1 Å². The Hall–Kier alpha value is -2.87. The fourth-order valence-electron chi connectivity index (χ4n) is 3.67. The van der Waals surface area contributed by atoms with Crippen molar-refractivity contribution in [2.24, 2.45) is 0 Å². The molecule has 0 aliphatic carbocycles. The molecule has 0 unspecified atom stereocenters. The van der Waals surface area contributed by atoms with Gasteiger partial charge in [0, 0.05) is 43.5 Å². The molecule has 0 saturated carbocycles. The maximum atomic E-state index is 12.9. The van der Waals surface area contributed by atoms with Crippen LogP contribution in [0.15, 0.2) is 36.7 Å². The Kier molecular flexibility index (Phi) is 6.03. The van der Waals surface area contributed by atoms with Crippen LogP contribution in [0.5, 0.6) is 0 Å². The van der Waals surface area contributed by atoms with Crippen LogP contribution in [0.2, 0.25) is 0 Å². The largest absolute Gasteiger partial charge is 0.368 e. The molecular weight excluding hydrogens is 396 g/mol. The Morgan fingerprint density at radius 1 is 1.27 bits per heavy atom. The molecule has 4 rings (SSSR count). The van der Waals surface area contributed by atoms with Crippen molar-refractivity contribution in [2.45, 2.75) is 45.6 Å². The van der Waals surface area contributed by atoms with Gasteiger partial charge in [-0.25, -0.2) is 15.0 Å². The number of aryl methyl sites for hydroxylation is 1. The average molecular weight is 423 g/mol. The number of piperidine rings is 1. The topological polar surface area (TPSA) is 83.9 Å². The van der Waals surface area contributed by atoms with E-state index < -0.39 is 0 Å². The minimum absolute atomic E-state index is 0.0202. The Morgan fingerprint density at radius 2 is 2.13 bits per heavy atom. The molecule has 1 N–H and O–H groups in total. The number of thiazole rings is 1. The molecular formula is C22H26N6OS. The minimum atomic E-state index is -0.0202. The highest BCUT2D eigenvalue weighted by Gasteiger charge is 2.28. The summed E-state index contributed by atoms with van der Waals surface area (Å²) in [6.07, 6.45) is 5.42. The zero-order valence-corrected chi connectivity index (χ0v) is 18.3. The molecule has 0 spiro atoms. The lowest BCUT2D eigenvalue weighted by molar-refractivity contribution is 0.0700. The summed E-state index contributed by atoms with van der Waals surface area (Å²) in [5.41, 5.74) is 1.46. The minimum Gasteiger partial charge on any atom is -0.368 e. The third kappa shape index (κ3) is 4.64. The summed E-state index contributed by atoms with van der Waals surface area (Å²) in [6.45, 7) is 7.54. The van der Waals surface area contributed by atoms with E-state index in [1.165, 1.54) is 0 Å². The van der Waals surface area contributed by atoms with Crippen molar-refractivity contribution in [3.05, 3.63) is 53.1 Å². The first-order valence-electron chi connectivity index (χ1n) is 10.3. The lowest BCUT2D eigenvalue weighted by Gasteiger charge is -2.32. The van der Waals surface area contributed by atoms with Gasteiger partial charge in [-0.1, -0.05) is 6.07 Å². The van der Waals surface area contributed by atoms with E-state index in [-0.39, 0.29) is 17.9 Å². The first kappa shape index (κ1) is 20.4. The zero-order chi connectivity index (χ0) is 21.1. The van der Waals surface area contributed by atoms with E-state index in [4.69, 9.17) is 9.97 Å². The number of amides is 1. The second-order valence-corrected chi connectivity index (χ2v) is 9.08. The van der Waals surface area contributed by atoms with Gasteiger partial charge in [-0.05, 0) is 45.7 Å². The van der Waals surface area contributed by atoms with Crippen LogP contribution >= 0.6 is 11.3 Å². The Balaban J connectivity index is 1.62. The van der Waals surface area contributed by atoms with Crippen LogP contribution in [-0.2, 0) is 0 Å². The van der Waals surface area contributed by atoms with Gasteiger partial charge in [-0.3, -0.25) is 9.78 Å². The van der Waals surface area contributed by atoms with E-state index in [1.807, 2.05) is 36.2 Å². The summed E-state index contributed by atoms with van der Waals surface area (Å²) >= 11 is 1.59. The predicted molar refractivity (Wildman–Crippen MR) is 119 cm³/mol. The molecule has 1 amide bonds. The van der Waals surface area contributed by atoms with Crippen molar-refractivity contribution in [2.75, 3.05) is 18.4 Å². The second-order valence-electron chi connectivity index (χ2n) is 7.85. The molecule has 1 aliphatic rings. The van der Waals surface area contributed by atoms with Crippen molar-refractivity contribution in [3.63, 3.8) is 0 Å². The molecule has 0 radical (unpaired) electrons. The van der Waals surface area contributed by atoms with Crippen molar-refractivity contribution in [3.8, 4) is 10.7 Å². The van der Waals surface area contributed by atoms with Crippen LogP contribution in [-0.4, -0.2) is 49.9 Å². The molecule has 30 heavy (non-hydrogen) atoms. The molecule has 156 valence electrons. The fraction of sp³-hybridized carbons (Fsp3) is 0.409. The van der Waals surface area contributed by atoms with Crippen LogP contribution in [0.3, 0.4) is 0 Å². The molecule has 8 heteroatoms. The third-order valence-electron chi connectivity index (χ3n) is 5.04. The van der Waals surface area contributed by atoms with Gasteiger partial charge >= 0.3 is 0 Å². The molecule has 3 aromatic heterocycles. The highest BCUT2D eigenvalue weighted by Crippen LogP contribution is 2.31. The monoisotopic (exact) mass is 422 g/mol. The zero-order valence-electron chi connectivity index (χ0n) is 17.5. The maximum Gasteiger partial charge on any atom is 0.272 e. The van der Waals surface area contributed by atoms with Crippen LogP contribution in [0.25, 0.3) is 10.7 Å². The molecule has 1 atom stereocenters. The molecule has 1 saturated heterocycles. The van der Waals surface area contributed by atoms with Crippen molar-refractivity contribution < 1.29 is 4.79 Å². The molecule has 0 bridgehead atoms. The Morgan fingerprint density at radius 3 is 2.83 bits per heavy atom. The summed E-state index contributed by atoms with van der Waals surface area (Å²) in [5, 5.41) is 4.39. The normalized spacial score (nSPS) is 16.7. The van der Waals surface area contributed by atoms with Crippen LogP contribution < -0.4 is 5.32 Å². The Bertz CT molecular complexity index is 1020. The van der Waals surface area contributed by atoms with Gasteiger partial charge in [0.15, 0.2) is 5.82 Å². The number of hydrogen-bond donors (Lipinski definition) is 1. The van der Waals surface area contributed by atoms with E-state index >= 15 is 0 Å². The SMILES string of the molecule is Cc1ncc(-c2nc(NC(C)C)cc([C@@H]3CCCN(C(=O)c4ccccn4)C3)n2)s1. The number of anilines is 1. The molecule has 0 aromatic carbocycles. The van der Waals surface area contributed by atoms with Crippen molar-refractivity contribution in [1.82, 2.24) is 24.8 Å². The number of hydrogen-bond acceptors (Lipinski definition) is 7. The standard InChI is InChI=1S/C22H26N6OS/c1-14(2)25-20-11-18(26-21(27-20)19-12-24-15(3)30-19)16-7-6-10-28(13-16)22(29)17-8-4-5-9-23-17/h4-5,8-9,11-12,14,16H,6-7,10,13H2,1-3H3,(H,25,26,27)/t16-/m1/s1. The summed E-state index contributed by atoms with van der Waals surface area (Å²) < 4.78 is 0. The average Bonchev–Trinajstić information content (AvgIpc) is 3.19. The quantitative estimate of drug-likeness (QED) is 0.665. The van der Waals surface area contributed by atoms with Crippen LogP contribution in [0.1, 0.15) is 53.8 Å². The summed E-state index contributed by atoms with van der Waals surface area (Å²) in [7, 11) is 0. The summed E-state index contributed by atoms with van der Waals surface area (Å²) in [6, 6.07) is 7.72. The lowest BCUT2D eigenvalue weighted by atomic mass is 9.94. The van der Waals surface area contributed by atoms with E-state index in [1.54, 1.807) is 23.6 Å². The van der Waals surface area contributed by atoms with E-state index in [9.17, 15) is 4.79 Å². The summed E-state index contributed by atoms with van der Waals surface area (Å²) in [4.78, 5) is 33.9. The lowest BCUT2D eigenvalue weighted by Crippen LogP contribution is -2.39. The van der Waals surface area contributed by atoms with Crippen molar-refractivity contribution >= 4 is 23.1 Å². The molecule has 1 fully saturated rings. The number of likely N-dealkylation sites (tertiary alicyclic amines) is 1. The van der Waals surface area contributed by atoms with Gasteiger partial charge in [0.1, 0.15) is 11.5 Å². The molecule has 1 aliphatic heterocycles. The van der Waals surface area contributed by atoms with E-state index in [0.717, 1.165) is 40.8 Å². The molecule has 7 nitrogen and oxygen atoms in total. The Labute approximate surface area is 180 Å².